The third-order valence-electron chi connectivity index (χ3n) is 2.26. The van der Waals surface area contributed by atoms with E-state index in [2.05, 4.69) is 5.32 Å². The fourth-order valence-electron chi connectivity index (χ4n) is 1.45. The minimum Gasteiger partial charge on any atom is -0.381 e. The van der Waals surface area contributed by atoms with E-state index in [1.807, 2.05) is 0 Å². The fourth-order valence-corrected chi connectivity index (χ4v) is 1.45. The number of nitrogens with one attached hydrogen (secondary N) is 2. The Morgan fingerprint density at radius 3 is 2.69 bits per heavy atom. The first-order valence-corrected chi connectivity index (χ1v) is 5.13. The van der Waals surface area contributed by atoms with E-state index in [1.165, 1.54) is 0 Å². The lowest BCUT2D eigenvalue weighted by Gasteiger charge is -2.22. The van der Waals surface area contributed by atoms with Crippen LogP contribution in [0, 0.1) is 5.92 Å². The molecule has 1 atom stereocenters. The smallest absolute Gasteiger partial charge is 0.381 e. The molecule has 1 heterocycles. The van der Waals surface area contributed by atoms with Gasteiger partial charge in [-0.05, 0) is 18.8 Å². The Labute approximate surface area is 91.5 Å². The standard InChI is InChI=1S/C9H15F3N2O2/c10-9(11,12)6-14-8(15)13-4-7-2-1-3-16-5-7/h7H,1-6H2,(H2,13,14,15). The van der Waals surface area contributed by atoms with Crippen molar-refractivity contribution in [3.63, 3.8) is 0 Å². The molecule has 2 amide bonds. The van der Waals surface area contributed by atoms with Crippen LogP contribution in [0.3, 0.4) is 0 Å². The molecule has 0 aliphatic carbocycles. The van der Waals surface area contributed by atoms with Crippen molar-refractivity contribution in [1.29, 1.82) is 0 Å². The molecule has 0 aromatic carbocycles. The molecule has 1 aliphatic rings. The lowest BCUT2D eigenvalue weighted by molar-refractivity contribution is -0.122. The largest absolute Gasteiger partial charge is 0.405 e. The van der Waals surface area contributed by atoms with Gasteiger partial charge in [-0.25, -0.2) is 4.79 Å². The Morgan fingerprint density at radius 2 is 2.12 bits per heavy atom. The van der Waals surface area contributed by atoms with Gasteiger partial charge in [0.25, 0.3) is 0 Å². The second kappa shape index (κ2) is 5.93. The van der Waals surface area contributed by atoms with Gasteiger partial charge < -0.3 is 15.4 Å². The number of ether oxygens (including phenoxy) is 1. The highest BCUT2D eigenvalue weighted by molar-refractivity contribution is 5.73. The minimum absolute atomic E-state index is 0.199. The first-order valence-electron chi connectivity index (χ1n) is 5.13. The van der Waals surface area contributed by atoms with Crippen LogP contribution in [0.15, 0.2) is 0 Å². The van der Waals surface area contributed by atoms with Crippen molar-refractivity contribution < 1.29 is 22.7 Å². The molecule has 0 bridgehead atoms. The van der Waals surface area contributed by atoms with Crippen LogP contribution >= 0.6 is 0 Å². The van der Waals surface area contributed by atoms with Crippen LogP contribution in [0.1, 0.15) is 12.8 Å². The third kappa shape index (κ3) is 5.79. The predicted molar refractivity (Wildman–Crippen MR) is 51.0 cm³/mol. The Balaban J connectivity index is 2.09. The zero-order chi connectivity index (χ0) is 12.0. The first-order chi connectivity index (χ1) is 7.47. The molecule has 1 aliphatic heterocycles. The normalized spacial score (nSPS) is 21.6. The first kappa shape index (κ1) is 13.1. The van der Waals surface area contributed by atoms with Crippen LogP contribution in [0.25, 0.3) is 0 Å². The highest BCUT2D eigenvalue weighted by atomic mass is 19.4. The van der Waals surface area contributed by atoms with Crippen LogP contribution in [0.2, 0.25) is 0 Å². The van der Waals surface area contributed by atoms with E-state index in [0.717, 1.165) is 19.4 Å². The molecule has 1 fully saturated rings. The lowest BCUT2D eigenvalue weighted by atomic mass is 10.0. The molecule has 4 nitrogen and oxygen atoms in total. The number of rotatable bonds is 3. The van der Waals surface area contributed by atoms with Crippen molar-refractivity contribution in [3.8, 4) is 0 Å². The maximum absolute atomic E-state index is 11.7. The summed E-state index contributed by atoms with van der Waals surface area (Å²) < 4.78 is 40.4. The Morgan fingerprint density at radius 1 is 1.38 bits per heavy atom. The quantitative estimate of drug-likeness (QED) is 0.780. The number of hydrogen-bond donors (Lipinski definition) is 2. The summed E-state index contributed by atoms with van der Waals surface area (Å²) in [6.07, 6.45) is -2.51. The number of carbonyl (C=O) groups is 1. The van der Waals surface area contributed by atoms with Gasteiger partial charge in [-0.2, -0.15) is 13.2 Å². The van der Waals surface area contributed by atoms with E-state index < -0.39 is 18.8 Å². The van der Waals surface area contributed by atoms with E-state index >= 15 is 0 Å². The van der Waals surface area contributed by atoms with Gasteiger partial charge in [-0.15, -0.1) is 0 Å². The van der Waals surface area contributed by atoms with E-state index in [1.54, 1.807) is 5.32 Å². The molecule has 16 heavy (non-hydrogen) atoms. The second-order valence-corrected chi connectivity index (χ2v) is 3.76. The monoisotopic (exact) mass is 240 g/mol. The molecule has 0 spiro atoms. The van der Waals surface area contributed by atoms with Crippen LogP contribution in [-0.4, -0.2) is 38.5 Å². The van der Waals surface area contributed by atoms with E-state index in [0.29, 0.717) is 13.2 Å². The average molecular weight is 240 g/mol. The number of halogens is 3. The second-order valence-electron chi connectivity index (χ2n) is 3.76. The molecular weight excluding hydrogens is 225 g/mol. The van der Waals surface area contributed by atoms with Gasteiger partial charge in [-0.1, -0.05) is 0 Å². The van der Waals surface area contributed by atoms with Gasteiger partial charge in [-0.3, -0.25) is 0 Å². The van der Waals surface area contributed by atoms with Gasteiger partial charge in [0.15, 0.2) is 0 Å². The van der Waals surface area contributed by atoms with Gasteiger partial charge in [0, 0.05) is 13.2 Å². The summed E-state index contributed by atoms with van der Waals surface area (Å²) in [5.41, 5.74) is 0. The van der Waals surface area contributed by atoms with E-state index in [-0.39, 0.29) is 5.92 Å². The predicted octanol–water partition coefficient (Wildman–Crippen LogP) is 1.27. The number of carbonyl (C=O) groups excluding carboxylic acids is 1. The van der Waals surface area contributed by atoms with Gasteiger partial charge >= 0.3 is 12.2 Å². The molecule has 94 valence electrons. The molecule has 7 heteroatoms. The Hall–Kier alpha value is -0.980. The maximum atomic E-state index is 11.7. The van der Waals surface area contributed by atoms with Crippen molar-refractivity contribution in [2.45, 2.75) is 19.0 Å². The third-order valence-corrected chi connectivity index (χ3v) is 2.26. The number of alkyl halides is 3. The minimum atomic E-state index is -4.37. The van der Waals surface area contributed by atoms with Crippen LogP contribution < -0.4 is 10.6 Å². The van der Waals surface area contributed by atoms with Gasteiger partial charge in [0.2, 0.25) is 0 Å². The molecule has 0 saturated carbocycles. The SMILES string of the molecule is O=C(NCC1CCCOC1)NCC(F)(F)F. The summed E-state index contributed by atoms with van der Waals surface area (Å²) in [7, 11) is 0. The summed E-state index contributed by atoms with van der Waals surface area (Å²) in [6.45, 7) is 0.319. The van der Waals surface area contributed by atoms with Crippen molar-refractivity contribution in [3.05, 3.63) is 0 Å². The van der Waals surface area contributed by atoms with Crippen molar-refractivity contribution in [2.24, 2.45) is 5.92 Å². The highest BCUT2D eigenvalue weighted by Crippen LogP contribution is 2.13. The summed E-state index contributed by atoms with van der Waals surface area (Å²) >= 11 is 0. The number of hydrogen-bond acceptors (Lipinski definition) is 2. The topological polar surface area (TPSA) is 50.4 Å². The molecule has 0 aromatic rings. The summed E-state index contributed by atoms with van der Waals surface area (Å²) in [5, 5.41) is 4.14. The molecular formula is C9H15F3N2O2. The maximum Gasteiger partial charge on any atom is 0.405 e. The van der Waals surface area contributed by atoms with Crippen molar-refractivity contribution in [2.75, 3.05) is 26.3 Å². The van der Waals surface area contributed by atoms with E-state index in [4.69, 9.17) is 4.74 Å². The van der Waals surface area contributed by atoms with E-state index in [9.17, 15) is 18.0 Å². The van der Waals surface area contributed by atoms with Crippen LogP contribution in [-0.2, 0) is 4.74 Å². The molecule has 0 aromatic heterocycles. The van der Waals surface area contributed by atoms with Crippen LogP contribution in [0.4, 0.5) is 18.0 Å². The van der Waals surface area contributed by atoms with Gasteiger partial charge in [0.1, 0.15) is 6.54 Å². The molecule has 1 saturated heterocycles. The molecule has 1 unspecified atom stereocenters. The molecule has 0 radical (unpaired) electrons. The fraction of sp³-hybridized carbons (Fsp3) is 0.889. The van der Waals surface area contributed by atoms with Gasteiger partial charge in [0.05, 0.1) is 6.61 Å². The van der Waals surface area contributed by atoms with Crippen molar-refractivity contribution >= 4 is 6.03 Å². The Kier molecular flexibility index (Phi) is 4.85. The van der Waals surface area contributed by atoms with Crippen LogP contribution in [0.5, 0.6) is 0 Å². The summed E-state index contributed by atoms with van der Waals surface area (Å²) in [5.74, 6) is 0.199. The summed E-state index contributed by atoms with van der Waals surface area (Å²) in [6, 6.07) is -0.789. The summed E-state index contributed by atoms with van der Waals surface area (Å²) in [4.78, 5) is 11.0. The zero-order valence-electron chi connectivity index (χ0n) is 8.77. The molecule has 2 N–H and O–H groups in total. The van der Waals surface area contributed by atoms with Crippen molar-refractivity contribution in [1.82, 2.24) is 10.6 Å². The Bertz CT molecular complexity index is 227. The lowest BCUT2D eigenvalue weighted by Crippen LogP contribution is -2.43. The number of amides is 2. The zero-order valence-corrected chi connectivity index (χ0v) is 8.77. The average Bonchev–Trinajstić information content (AvgIpc) is 2.24. The number of urea groups is 1. The highest BCUT2D eigenvalue weighted by Gasteiger charge is 2.27. The molecule has 1 rings (SSSR count).